The molecule has 0 amide bonds. The fourth-order valence-corrected chi connectivity index (χ4v) is 2.05. The predicted molar refractivity (Wildman–Crippen MR) is 49.7 cm³/mol. The van der Waals surface area contributed by atoms with Gasteiger partial charge in [0.15, 0.2) is 0 Å². The van der Waals surface area contributed by atoms with Crippen LogP contribution in [0, 0.1) is 5.41 Å². The van der Waals surface area contributed by atoms with Gasteiger partial charge in [0.25, 0.3) is 0 Å². The highest BCUT2D eigenvalue weighted by atomic mass is 15.1. The zero-order valence-electron chi connectivity index (χ0n) is 8.19. The van der Waals surface area contributed by atoms with Crippen molar-refractivity contribution in [2.24, 2.45) is 5.41 Å². The number of hydrogen-bond donors (Lipinski definition) is 0. The van der Waals surface area contributed by atoms with Crippen LogP contribution in [-0.2, 0) is 0 Å². The van der Waals surface area contributed by atoms with Gasteiger partial charge in [0.05, 0.1) is 0 Å². The molecular formula is C10H21N. The Labute approximate surface area is 70.8 Å². The lowest BCUT2D eigenvalue weighted by Gasteiger charge is -2.41. The minimum absolute atomic E-state index is 0.671. The van der Waals surface area contributed by atoms with Crippen molar-refractivity contribution < 1.29 is 0 Å². The van der Waals surface area contributed by atoms with Gasteiger partial charge in [-0.3, -0.25) is 0 Å². The van der Waals surface area contributed by atoms with Crippen molar-refractivity contribution in [3.05, 3.63) is 0 Å². The minimum Gasteiger partial charge on any atom is -0.306 e. The lowest BCUT2D eigenvalue weighted by atomic mass is 9.70. The zero-order valence-corrected chi connectivity index (χ0v) is 8.19. The summed E-state index contributed by atoms with van der Waals surface area (Å²) in [6.07, 6.45) is 5.63. The third kappa shape index (κ3) is 2.48. The second-order valence-corrected chi connectivity index (χ2v) is 4.40. The molecule has 1 fully saturated rings. The number of nitrogens with zero attached hydrogens (tertiary/aromatic N) is 1. The molecule has 0 N–H and O–H groups in total. The SMILES string of the molecule is CCCN(C)CC1(C)CCC1. The largest absolute Gasteiger partial charge is 0.306 e. The van der Waals surface area contributed by atoms with Crippen molar-refractivity contribution in [2.45, 2.75) is 39.5 Å². The van der Waals surface area contributed by atoms with Gasteiger partial charge in [-0.25, -0.2) is 0 Å². The molecule has 0 saturated heterocycles. The van der Waals surface area contributed by atoms with Gasteiger partial charge in [0.2, 0.25) is 0 Å². The van der Waals surface area contributed by atoms with Crippen LogP contribution in [0.15, 0.2) is 0 Å². The standard InChI is InChI=1S/C10H21N/c1-4-8-11(3)9-10(2)6-5-7-10/h4-9H2,1-3H3. The highest BCUT2D eigenvalue weighted by Crippen LogP contribution is 2.40. The third-order valence-corrected chi connectivity index (χ3v) is 2.82. The van der Waals surface area contributed by atoms with E-state index in [1.807, 2.05) is 0 Å². The second-order valence-electron chi connectivity index (χ2n) is 4.40. The molecule has 0 aromatic rings. The van der Waals surface area contributed by atoms with E-state index < -0.39 is 0 Å². The molecule has 0 unspecified atom stereocenters. The molecular weight excluding hydrogens is 134 g/mol. The smallest absolute Gasteiger partial charge is 0.00323 e. The summed E-state index contributed by atoms with van der Waals surface area (Å²) in [4.78, 5) is 2.47. The first-order chi connectivity index (χ1) is 5.16. The van der Waals surface area contributed by atoms with Crippen molar-refractivity contribution in [3.8, 4) is 0 Å². The average Bonchev–Trinajstić information content (AvgIpc) is 1.85. The first-order valence-corrected chi connectivity index (χ1v) is 4.85. The first-order valence-electron chi connectivity index (χ1n) is 4.85. The molecule has 1 heteroatoms. The van der Waals surface area contributed by atoms with Crippen LogP contribution in [-0.4, -0.2) is 25.0 Å². The average molecular weight is 155 g/mol. The van der Waals surface area contributed by atoms with Gasteiger partial charge in [-0.1, -0.05) is 20.3 Å². The highest BCUT2D eigenvalue weighted by molar-refractivity contribution is 4.85. The van der Waals surface area contributed by atoms with Crippen LogP contribution in [0.4, 0.5) is 0 Å². The molecule has 1 aliphatic carbocycles. The monoisotopic (exact) mass is 155 g/mol. The van der Waals surface area contributed by atoms with Crippen molar-refractivity contribution in [2.75, 3.05) is 20.1 Å². The summed E-state index contributed by atoms with van der Waals surface area (Å²) in [5.74, 6) is 0. The van der Waals surface area contributed by atoms with Gasteiger partial charge in [-0.05, 0) is 38.3 Å². The van der Waals surface area contributed by atoms with Crippen molar-refractivity contribution in [1.82, 2.24) is 4.90 Å². The van der Waals surface area contributed by atoms with E-state index in [0.717, 1.165) is 0 Å². The van der Waals surface area contributed by atoms with Crippen LogP contribution in [0.3, 0.4) is 0 Å². The summed E-state index contributed by atoms with van der Waals surface area (Å²) < 4.78 is 0. The zero-order chi connectivity index (χ0) is 8.32. The topological polar surface area (TPSA) is 3.24 Å². The Balaban J connectivity index is 2.18. The Morgan fingerprint density at radius 1 is 1.36 bits per heavy atom. The summed E-state index contributed by atoms with van der Waals surface area (Å²) in [5.41, 5.74) is 0.671. The molecule has 0 aliphatic heterocycles. The van der Waals surface area contributed by atoms with E-state index in [9.17, 15) is 0 Å². The Hall–Kier alpha value is -0.0400. The molecule has 1 rings (SSSR count). The Kier molecular flexibility index (Phi) is 2.94. The first kappa shape index (κ1) is 9.05. The Bertz CT molecular complexity index is 116. The summed E-state index contributed by atoms with van der Waals surface area (Å²) in [6, 6.07) is 0. The number of rotatable bonds is 4. The maximum Gasteiger partial charge on any atom is 0.00323 e. The van der Waals surface area contributed by atoms with E-state index >= 15 is 0 Å². The molecule has 1 saturated carbocycles. The van der Waals surface area contributed by atoms with Gasteiger partial charge in [-0.2, -0.15) is 0 Å². The molecule has 1 aliphatic rings. The second kappa shape index (κ2) is 3.57. The van der Waals surface area contributed by atoms with E-state index in [1.54, 1.807) is 0 Å². The van der Waals surface area contributed by atoms with E-state index in [-0.39, 0.29) is 0 Å². The quantitative estimate of drug-likeness (QED) is 0.603. The molecule has 1 nitrogen and oxygen atoms in total. The van der Waals surface area contributed by atoms with Crippen LogP contribution in [0.5, 0.6) is 0 Å². The molecule has 66 valence electrons. The molecule has 0 atom stereocenters. The van der Waals surface area contributed by atoms with E-state index in [1.165, 1.54) is 38.8 Å². The molecule has 11 heavy (non-hydrogen) atoms. The summed E-state index contributed by atoms with van der Waals surface area (Å²) >= 11 is 0. The summed E-state index contributed by atoms with van der Waals surface area (Å²) in [6.45, 7) is 7.23. The van der Waals surface area contributed by atoms with Crippen LogP contribution in [0.1, 0.15) is 39.5 Å². The molecule has 0 spiro atoms. The van der Waals surface area contributed by atoms with E-state index in [0.29, 0.717) is 5.41 Å². The highest BCUT2D eigenvalue weighted by Gasteiger charge is 2.32. The molecule has 0 aromatic heterocycles. The molecule has 0 heterocycles. The van der Waals surface area contributed by atoms with Crippen LogP contribution < -0.4 is 0 Å². The minimum atomic E-state index is 0.671. The van der Waals surface area contributed by atoms with Crippen molar-refractivity contribution in [3.63, 3.8) is 0 Å². The van der Waals surface area contributed by atoms with Crippen LogP contribution >= 0.6 is 0 Å². The van der Waals surface area contributed by atoms with E-state index in [4.69, 9.17) is 0 Å². The lowest BCUT2D eigenvalue weighted by Crippen LogP contribution is -2.38. The van der Waals surface area contributed by atoms with Gasteiger partial charge in [0.1, 0.15) is 0 Å². The summed E-state index contributed by atoms with van der Waals surface area (Å²) in [5, 5.41) is 0. The fraction of sp³-hybridized carbons (Fsp3) is 1.00. The summed E-state index contributed by atoms with van der Waals surface area (Å²) in [7, 11) is 2.24. The van der Waals surface area contributed by atoms with Gasteiger partial charge in [0, 0.05) is 6.54 Å². The van der Waals surface area contributed by atoms with Gasteiger partial charge >= 0.3 is 0 Å². The van der Waals surface area contributed by atoms with Crippen molar-refractivity contribution >= 4 is 0 Å². The Morgan fingerprint density at radius 2 is 2.00 bits per heavy atom. The van der Waals surface area contributed by atoms with Crippen LogP contribution in [0.25, 0.3) is 0 Å². The molecule has 0 bridgehead atoms. The van der Waals surface area contributed by atoms with E-state index in [2.05, 4.69) is 25.8 Å². The normalized spacial score (nSPS) is 21.8. The van der Waals surface area contributed by atoms with Crippen LogP contribution in [0.2, 0.25) is 0 Å². The molecule has 0 aromatic carbocycles. The maximum atomic E-state index is 2.47. The van der Waals surface area contributed by atoms with Gasteiger partial charge in [-0.15, -0.1) is 0 Å². The van der Waals surface area contributed by atoms with Gasteiger partial charge < -0.3 is 4.90 Å². The lowest BCUT2D eigenvalue weighted by molar-refractivity contribution is 0.0995. The fourth-order valence-electron chi connectivity index (χ4n) is 2.05. The third-order valence-electron chi connectivity index (χ3n) is 2.82. The Morgan fingerprint density at radius 3 is 2.36 bits per heavy atom. The number of hydrogen-bond acceptors (Lipinski definition) is 1. The maximum absolute atomic E-state index is 2.47. The predicted octanol–water partition coefficient (Wildman–Crippen LogP) is 2.52. The van der Waals surface area contributed by atoms with Crippen molar-refractivity contribution in [1.29, 1.82) is 0 Å². The molecule has 0 radical (unpaired) electrons.